The molecule has 9 heteroatoms. The highest BCUT2D eigenvalue weighted by Gasteiger charge is 2.43. The van der Waals surface area contributed by atoms with E-state index < -0.39 is 33.1 Å². The quantitative estimate of drug-likeness (QED) is 0.549. The highest BCUT2D eigenvalue weighted by molar-refractivity contribution is 7.39. The van der Waals surface area contributed by atoms with Crippen molar-refractivity contribution >= 4 is 8.03 Å². The van der Waals surface area contributed by atoms with Crippen molar-refractivity contribution in [2.24, 2.45) is 0 Å². The van der Waals surface area contributed by atoms with Crippen LogP contribution in [0.3, 0.4) is 0 Å². The molecule has 2 nitrogen and oxygen atoms in total. The molecule has 0 spiro atoms. The van der Waals surface area contributed by atoms with Crippen molar-refractivity contribution < 1.29 is 35.4 Å². The van der Waals surface area contributed by atoms with Crippen molar-refractivity contribution in [2.75, 3.05) is 12.8 Å². The molecule has 1 atom stereocenters. The zero-order chi connectivity index (χ0) is 10.7. The highest BCUT2D eigenvalue weighted by atomic mass is 31.1. The van der Waals surface area contributed by atoms with E-state index in [4.69, 9.17) is 0 Å². The van der Waals surface area contributed by atoms with Gasteiger partial charge in [0, 0.05) is 0 Å². The van der Waals surface area contributed by atoms with Crippen LogP contribution in [0, 0.1) is 0 Å². The van der Waals surface area contributed by atoms with Gasteiger partial charge in [0.2, 0.25) is 0 Å². The van der Waals surface area contributed by atoms with Gasteiger partial charge in [-0.15, -0.1) is 4.52 Å². The van der Waals surface area contributed by atoms with Crippen LogP contribution in [0.1, 0.15) is 0 Å². The number of halogens is 6. The van der Waals surface area contributed by atoms with Crippen LogP contribution in [-0.4, -0.2) is 25.1 Å². The van der Waals surface area contributed by atoms with E-state index in [9.17, 15) is 30.9 Å². The highest BCUT2D eigenvalue weighted by Crippen LogP contribution is 2.33. The van der Waals surface area contributed by atoms with E-state index in [2.05, 4.69) is 4.52 Å². The molecule has 78 valence electrons. The normalized spacial score (nSPS) is 14.5. The number of hydrogen-bond donors (Lipinski definition) is 0. The van der Waals surface area contributed by atoms with E-state index in [-0.39, 0.29) is 0 Å². The molecular formula is C4H4F6O2P+. The molecule has 0 saturated heterocycles. The van der Waals surface area contributed by atoms with E-state index >= 15 is 0 Å². The molecule has 0 fully saturated rings. The average Bonchev–Trinajstić information content (AvgIpc) is 1.78. The van der Waals surface area contributed by atoms with Crippen LogP contribution in [0.15, 0.2) is 0 Å². The van der Waals surface area contributed by atoms with Crippen LogP contribution in [0.5, 0.6) is 0 Å². The first kappa shape index (κ1) is 12.6. The Morgan fingerprint density at radius 3 is 1.77 bits per heavy atom. The van der Waals surface area contributed by atoms with Gasteiger partial charge in [0.15, 0.2) is 6.61 Å². The molecule has 0 amide bonds. The van der Waals surface area contributed by atoms with Gasteiger partial charge in [-0.05, 0) is 4.57 Å². The van der Waals surface area contributed by atoms with Crippen molar-refractivity contribution in [2.45, 2.75) is 12.4 Å². The van der Waals surface area contributed by atoms with E-state index in [0.29, 0.717) is 0 Å². The Morgan fingerprint density at radius 2 is 1.46 bits per heavy atom. The van der Waals surface area contributed by atoms with Crippen LogP contribution >= 0.6 is 8.03 Å². The van der Waals surface area contributed by atoms with Gasteiger partial charge in [0.1, 0.15) is 0 Å². The van der Waals surface area contributed by atoms with Gasteiger partial charge in [-0.1, -0.05) is 0 Å². The monoisotopic (exact) mass is 229 g/mol. The van der Waals surface area contributed by atoms with Gasteiger partial charge in [-0.3, -0.25) is 0 Å². The van der Waals surface area contributed by atoms with Gasteiger partial charge in [0.25, 0.3) is 6.16 Å². The fourth-order valence-corrected chi connectivity index (χ4v) is 1.01. The Labute approximate surface area is 69.7 Å². The van der Waals surface area contributed by atoms with Crippen molar-refractivity contribution in [3.05, 3.63) is 0 Å². The Kier molecular flexibility index (Phi) is 4.12. The largest absolute Gasteiger partial charge is 0.518 e. The fraction of sp³-hybridized carbons (Fsp3) is 1.00. The average molecular weight is 229 g/mol. The van der Waals surface area contributed by atoms with E-state index in [1.54, 1.807) is 0 Å². The summed E-state index contributed by atoms with van der Waals surface area (Å²) < 4.78 is 81.7. The summed E-state index contributed by atoms with van der Waals surface area (Å²) in [6.45, 7) is -1.93. The first-order chi connectivity index (χ1) is 5.60. The van der Waals surface area contributed by atoms with Crippen LogP contribution in [0.25, 0.3) is 0 Å². The smallest absolute Gasteiger partial charge is 0.168 e. The van der Waals surface area contributed by atoms with E-state index in [1.807, 2.05) is 0 Å². The molecule has 1 unspecified atom stereocenters. The lowest BCUT2D eigenvalue weighted by Gasteiger charge is -2.00. The molecule has 0 aromatic carbocycles. The summed E-state index contributed by atoms with van der Waals surface area (Å²) in [5.41, 5.74) is 0. The number of hydrogen-bond acceptors (Lipinski definition) is 2. The third kappa shape index (κ3) is 9.55. The van der Waals surface area contributed by atoms with Gasteiger partial charge in [0.05, 0.1) is 0 Å². The van der Waals surface area contributed by atoms with Gasteiger partial charge in [-0.25, -0.2) is 0 Å². The maximum absolute atomic E-state index is 11.4. The summed E-state index contributed by atoms with van der Waals surface area (Å²) in [5.74, 6) is 0. The molecule has 0 aliphatic heterocycles. The molecule has 0 aromatic rings. The third-order valence-corrected chi connectivity index (χ3v) is 1.71. The maximum Gasteiger partial charge on any atom is 0.518 e. The number of alkyl halides is 6. The van der Waals surface area contributed by atoms with Crippen molar-refractivity contribution in [3.8, 4) is 0 Å². The molecule has 0 bridgehead atoms. The van der Waals surface area contributed by atoms with Crippen LogP contribution in [0.2, 0.25) is 0 Å². The molecule has 0 aliphatic rings. The van der Waals surface area contributed by atoms with Crippen LogP contribution in [0.4, 0.5) is 26.3 Å². The van der Waals surface area contributed by atoms with Gasteiger partial charge >= 0.3 is 20.4 Å². The lowest BCUT2D eigenvalue weighted by molar-refractivity contribution is -0.154. The Balaban J connectivity index is 3.78. The van der Waals surface area contributed by atoms with Crippen LogP contribution in [-0.2, 0) is 9.09 Å². The molecule has 0 rings (SSSR count). The minimum absolute atomic E-state index is 1.86. The molecule has 0 saturated carbocycles. The lowest BCUT2D eigenvalue weighted by Crippen LogP contribution is -2.17. The maximum atomic E-state index is 11.4. The second-order valence-corrected chi connectivity index (χ2v) is 3.23. The second-order valence-electron chi connectivity index (χ2n) is 1.99. The summed E-state index contributed by atoms with van der Waals surface area (Å²) in [6.07, 6.45) is -11.4. The summed E-state index contributed by atoms with van der Waals surface area (Å²) in [5, 5.41) is 0. The summed E-state index contributed by atoms with van der Waals surface area (Å²) >= 11 is 0. The predicted octanol–water partition coefficient (Wildman–Crippen LogP) is 2.87. The molecule has 0 aliphatic carbocycles. The third-order valence-electron chi connectivity index (χ3n) is 0.681. The van der Waals surface area contributed by atoms with Crippen molar-refractivity contribution in [1.29, 1.82) is 0 Å². The summed E-state index contributed by atoms with van der Waals surface area (Å²) in [6, 6.07) is 0. The zero-order valence-electron chi connectivity index (χ0n) is 5.95. The van der Waals surface area contributed by atoms with Crippen molar-refractivity contribution in [1.82, 2.24) is 0 Å². The molecule has 0 radical (unpaired) electrons. The zero-order valence-corrected chi connectivity index (χ0v) is 6.84. The molecule has 0 N–H and O–H groups in total. The summed E-state index contributed by atoms with van der Waals surface area (Å²) in [4.78, 5) is 0. The van der Waals surface area contributed by atoms with Crippen molar-refractivity contribution in [3.63, 3.8) is 0 Å². The Hall–Kier alpha value is -0.360. The lowest BCUT2D eigenvalue weighted by atomic mass is 10.7. The molecule has 0 aromatic heterocycles. The standard InChI is InChI=1S/C4H4F6O2P/c5-3(6,7)1-12-13(11)2-4(8,9)10/h1-2H2/q+1. The topological polar surface area (TPSA) is 26.3 Å². The van der Waals surface area contributed by atoms with E-state index in [0.717, 1.165) is 0 Å². The molecule has 13 heavy (non-hydrogen) atoms. The molecule has 0 heterocycles. The van der Waals surface area contributed by atoms with Gasteiger partial charge < -0.3 is 0 Å². The van der Waals surface area contributed by atoms with E-state index in [1.165, 1.54) is 0 Å². The van der Waals surface area contributed by atoms with Crippen LogP contribution < -0.4 is 0 Å². The minimum atomic E-state index is -4.78. The number of rotatable bonds is 3. The first-order valence-electron chi connectivity index (χ1n) is 2.81. The predicted molar refractivity (Wildman–Crippen MR) is 30.5 cm³/mol. The summed E-state index contributed by atoms with van der Waals surface area (Å²) in [7, 11) is -3.33. The first-order valence-corrected chi connectivity index (χ1v) is 4.17. The molecular weight excluding hydrogens is 225 g/mol. The fourth-order valence-electron chi connectivity index (χ4n) is 0.337. The Morgan fingerprint density at radius 1 is 1.00 bits per heavy atom. The Bertz CT molecular complexity index is 184. The minimum Gasteiger partial charge on any atom is -0.168 e. The van der Waals surface area contributed by atoms with Gasteiger partial charge in [-0.2, -0.15) is 26.3 Å². The second kappa shape index (κ2) is 4.23. The SMILES string of the molecule is O=[P+](CC(F)(F)F)OCC(F)(F)F.